The number of nitrogens with two attached hydrogens (primary N) is 1. The fraction of sp³-hybridized carbons (Fsp3) is 0.636. The van der Waals surface area contributed by atoms with E-state index >= 15 is 0 Å². The van der Waals surface area contributed by atoms with E-state index in [4.69, 9.17) is 10.5 Å². The van der Waals surface area contributed by atoms with Crippen molar-refractivity contribution in [2.45, 2.75) is 24.4 Å². The van der Waals surface area contributed by atoms with Crippen molar-refractivity contribution in [3.63, 3.8) is 0 Å². The minimum absolute atomic E-state index is 0.112. The summed E-state index contributed by atoms with van der Waals surface area (Å²) >= 11 is 1.71. The van der Waals surface area contributed by atoms with Gasteiger partial charge in [0.15, 0.2) is 0 Å². The van der Waals surface area contributed by atoms with Crippen molar-refractivity contribution in [3.8, 4) is 0 Å². The zero-order valence-corrected chi connectivity index (χ0v) is 15.6. The lowest BCUT2D eigenvalue weighted by Crippen LogP contribution is -2.42. The first kappa shape index (κ1) is 19.7. The minimum Gasteiger partial charge on any atom is -0.384 e. The average Bonchev–Trinajstić information content (AvgIpc) is 2.74. The van der Waals surface area contributed by atoms with Crippen LogP contribution in [0.4, 0.5) is 14.6 Å². The zero-order chi connectivity index (χ0) is 18.3. The molecule has 1 aromatic rings. The lowest BCUT2D eigenvalue weighted by Gasteiger charge is -2.21. The second-order valence-electron chi connectivity index (χ2n) is 4.97. The van der Waals surface area contributed by atoms with Gasteiger partial charge in [-0.05, 0) is 22.6 Å². The third-order valence-electron chi connectivity index (χ3n) is 3.53. The summed E-state index contributed by atoms with van der Waals surface area (Å²) in [7, 11) is -1.55. The van der Waals surface area contributed by atoms with Gasteiger partial charge in [0, 0.05) is 20.4 Å². The van der Waals surface area contributed by atoms with Crippen molar-refractivity contribution < 1.29 is 32.2 Å². The maximum Gasteiger partial charge on any atom is 0.351 e. The van der Waals surface area contributed by atoms with Crippen LogP contribution in [0.5, 0.6) is 0 Å². The number of aromatic nitrogens is 2. The normalized spacial score (nSPS) is 26.7. The van der Waals surface area contributed by atoms with Gasteiger partial charge in [-0.1, -0.05) is 0 Å². The first-order valence-electron chi connectivity index (χ1n) is 6.51. The molecule has 136 valence electrons. The molecule has 0 unspecified atom stereocenters. The summed E-state index contributed by atoms with van der Waals surface area (Å²) in [6.07, 6.45) is -5.58. The Kier molecular flexibility index (Phi) is 5.67. The van der Waals surface area contributed by atoms with Crippen LogP contribution in [0.15, 0.2) is 11.0 Å². The van der Waals surface area contributed by atoms with Crippen molar-refractivity contribution in [1.29, 1.82) is 0 Å². The van der Waals surface area contributed by atoms with Crippen LogP contribution in [0.25, 0.3) is 0 Å². The number of aliphatic hydroxyl groups excluding tert-OH is 1. The summed E-state index contributed by atoms with van der Waals surface area (Å²) in [5.41, 5.74) is 4.39. The molecule has 1 saturated heterocycles. The van der Waals surface area contributed by atoms with Crippen LogP contribution in [0.2, 0.25) is 0 Å². The molecule has 2 rings (SSSR count). The second kappa shape index (κ2) is 6.92. The van der Waals surface area contributed by atoms with Gasteiger partial charge in [-0.25, -0.2) is 4.79 Å². The summed E-state index contributed by atoms with van der Waals surface area (Å²) in [4.78, 5) is 15.3. The van der Waals surface area contributed by atoms with E-state index in [1.54, 1.807) is 22.6 Å². The number of nitrogen functional groups attached to an aromatic ring is 1. The number of alkyl halides is 2. The molecular formula is C11H15F2IN3O6P. The number of halogens is 3. The maximum atomic E-state index is 14.4. The topological polar surface area (TPSA) is 126 Å². The molecule has 0 aliphatic carbocycles. The van der Waals surface area contributed by atoms with E-state index in [1.807, 2.05) is 0 Å². The number of ether oxygens (including phenoxy) is 1. The van der Waals surface area contributed by atoms with Crippen LogP contribution >= 0.6 is 30.2 Å². The monoisotopic (exact) mass is 481 g/mol. The predicted molar refractivity (Wildman–Crippen MR) is 87.0 cm³/mol. The molecule has 24 heavy (non-hydrogen) atoms. The molecule has 0 radical (unpaired) electrons. The van der Waals surface area contributed by atoms with Crippen molar-refractivity contribution in [2.24, 2.45) is 0 Å². The quantitative estimate of drug-likeness (QED) is 0.468. The van der Waals surface area contributed by atoms with Gasteiger partial charge in [0.1, 0.15) is 18.0 Å². The number of anilines is 1. The number of aliphatic hydroxyl groups is 1. The second-order valence-corrected chi connectivity index (χ2v) is 8.45. The van der Waals surface area contributed by atoms with Gasteiger partial charge in [-0.15, -0.1) is 0 Å². The lowest BCUT2D eigenvalue weighted by atomic mass is 10.1. The van der Waals surface area contributed by atoms with E-state index in [2.05, 4.69) is 14.0 Å². The van der Waals surface area contributed by atoms with Gasteiger partial charge in [-0.3, -0.25) is 9.13 Å². The van der Waals surface area contributed by atoms with E-state index in [-0.39, 0.29) is 9.39 Å². The molecule has 1 aromatic heterocycles. The van der Waals surface area contributed by atoms with Gasteiger partial charge in [0.2, 0.25) is 6.23 Å². The number of hydrogen-bond acceptors (Lipinski definition) is 8. The molecule has 1 fully saturated rings. The Morgan fingerprint density at radius 3 is 2.67 bits per heavy atom. The fourth-order valence-corrected chi connectivity index (χ4v) is 3.78. The Morgan fingerprint density at radius 2 is 2.12 bits per heavy atom. The Labute approximate surface area is 148 Å². The molecule has 0 bridgehead atoms. The smallest absolute Gasteiger partial charge is 0.351 e. The predicted octanol–water partition coefficient (Wildman–Crippen LogP) is 0.810. The Hall–Kier alpha value is -0.660. The highest BCUT2D eigenvalue weighted by atomic mass is 127. The average molecular weight is 481 g/mol. The first-order valence-corrected chi connectivity index (χ1v) is 9.32. The van der Waals surface area contributed by atoms with Gasteiger partial charge >= 0.3 is 19.2 Å². The van der Waals surface area contributed by atoms with E-state index in [9.17, 15) is 23.2 Å². The highest BCUT2D eigenvalue weighted by Gasteiger charge is 2.60. The third-order valence-corrected chi connectivity index (χ3v) is 6.28. The largest absolute Gasteiger partial charge is 0.384 e. The van der Waals surface area contributed by atoms with Crippen LogP contribution < -0.4 is 11.4 Å². The molecule has 0 spiro atoms. The van der Waals surface area contributed by atoms with Crippen molar-refractivity contribution in [3.05, 3.63) is 20.3 Å². The number of rotatable bonds is 5. The van der Waals surface area contributed by atoms with E-state index in [0.29, 0.717) is 4.57 Å². The van der Waals surface area contributed by atoms with Crippen LogP contribution in [-0.2, 0) is 18.3 Å². The maximum absolute atomic E-state index is 14.4. The summed E-state index contributed by atoms with van der Waals surface area (Å²) in [5.74, 6) is -3.94. The molecule has 3 N–H and O–H groups in total. The first-order chi connectivity index (χ1) is 11.1. The molecule has 0 amide bonds. The Bertz CT molecular complexity index is 724. The number of nitrogens with zero attached hydrogens (tertiary/aromatic N) is 2. The molecule has 9 nitrogen and oxygen atoms in total. The van der Waals surface area contributed by atoms with Crippen LogP contribution in [-0.4, -0.2) is 53.2 Å². The van der Waals surface area contributed by atoms with Crippen LogP contribution in [0, 0.1) is 3.57 Å². The van der Waals surface area contributed by atoms with E-state index in [1.165, 1.54) is 0 Å². The Morgan fingerprint density at radius 1 is 1.54 bits per heavy atom. The lowest BCUT2D eigenvalue weighted by molar-refractivity contribution is -0.140. The summed E-state index contributed by atoms with van der Waals surface area (Å²) in [6.45, 7) is 0. The Balaban J connectivity index is 2.38. The number of hydrogen-bond donors (Lipinski definition) is 2. The molecule has 0 aromatic carbocycles. The molecule has 2 heterocycles. The molecular weight excluding hydrogens is 466 g/mol. The molecule has 13 heteroatoms. The highest BCUT2D eigenvalue weighted by molar-refractivity contribution is 14.1. The van der Waals surface area contributed by atoms with Gasteiger partial charge in [0.05, 0.1) is 9.73 Å². The van der Waals surface area contributed by atoms with Crippen molar-refractivity contribution in [1.82, 2.24) is 9.55 Å². The molecule has 3 atom stereocenters. The SMILES string of the molecule is COP(=O)(C[C@H]1O[C@@H](n2cc(I)c(N)nc2=O)C(F)(F)[C@@H]1O)OC. The summed E-state index contributed by atoms with van der Waals surface area (Å²) < 4.78 is 56.0. The molecule has 1 aliphatic rings. The van der Waals surface area contributed by atoms with E-state index in [0.717, 1.165) is 20.4 Å². The van der Waals surface area contributed by atoms with Gasteiger partial charge < -0.3 is 24.6 Å². The molecule has 1 aliphatic heterocycles. The summed E-state index contributed by atoms with van der Waals surface area (Å²) in [6, 6.07) is 0. The zero-order valence-electron chi connectivity index (χ0n) is 12.6. The highest BCUT2D eigenvalue weighted by Crippen LogP contribution is 2.52. The van der Waals surface area contributed by atoms with Crippen LogP contribution in [0.1, 0.15) is 6.23 Å². The van der Waals surface area contributed by atoms with Gasteiger partial charge in [-0.2, -0.15) is 13.8 Å². The van der Waals surface area contributed by atoms with Crippen LogP contribution in [0.3, 0.4) is 0 Å². The van der Waals surface area contributed by atoms with Crippen molar-refractivity contribution in [2.75, 3.05) is 26.1 Å². The van der Waals surface area contributed by atoms with E-state index < -0.39 is 43.8 Å². The molecule has 0 saturated carbocycles. The summed E-state index contributed by atoms with van der Waals surface area (Å²) in [5, 5.41) is 9.85. The fourth-order valence-electron chi connectivity index (χ4n) is 2.19. The van der Waals surface area contributed by atoms with Crippen molar-refractivity contribution >= 4 is 36.0 Å². The minimum atomic E-state index is -3.83. The van der Waals surface area contributed by atoms with Gasteiger partial charge in [0.25, 0.3) is 0 Å². The third kappa shape index (κ3) is 3.48. The standard InChI is InChI=1S/C11H15F2IN3O6P/c1-21-24(20,22-2)4-6-7(18)11(12,13)9(23-6)17-3-5(14)8(15)16-10(17)19/h3,6-7,9,18H,4H2,1-2H3,(H2,15,16,19)/t6-,7-,9-/m1/s1.